The van der Waals surface area contributed by atoms with Gasteiger partial charge in [-0.1, -0.05) is 6.92 Å². The number of aliphatic hydroxyl groups excluding tert-OH is 1. The van der Waals surface area contributed by atoms with Crippen molar-refractivity contribution >= 4 is 11.6 Å². The average molecular weight is 251 g/mol. The molecule has 0 radical (unpaired) electrons. The third-order valence-electron chi connectivity index (χ3n) is 2.95. The van der Waals surface area contributed by atoms with E-state index in [0.717, 1.165) is 0 Å². The molecular weight excluding hydrogens is 234 g/mol. The van der Waals surface area contributed by atoms with Crippen molar-refractivity contribution in [2.45, 2.75) is 25.9 Å². The van der Waals surface area contributed by atoms with Crippen LogP contribution < -0.4 is 9.64 Å². The summed E-state index contributed by atoms with van der Waals surface area (Å²) in [7, 11) is 0. The number of anilines is 1. The first kappa shape index (κ1) is 12.7. The molecule has 1 aliphatic rings. The molecule has 0 saturated carbocycles. The van der Waals surface area contributed by atoms with Gasteiger partial charge in [-0.3, -0.25) is 4.79 Å². The number of phenols is 1. The lowest BCUT2D eigenvalue weighted by atomic mass is 10.1. The van der Waals surface area contributed by atoms with E-state index < -0.39 is 6.10 Å². The minimum atomic E-state index is -0.485. The minimum absolute atomic E-state index is 0.0234. The highest BCUT2D eigenvalue weighted by Crippen LogP contribution is 2.37. The number of amides is 1. The molecule has 0 aliphatic carbocycles. The van der Waals surface area contributed by atoms with Crippen molar-refractivity contribution < 1.29 is 19.7 Å². The largest absolute Gasteiger partial charge is 0.508 e. The second-order valence-electron chi connectivity index (χ2n) is 4.23. The molecule has 1 aromatic carbocycles. The maximum atomic E-state index is 12.2. The quantitative estimate of drug-likeness (QED) is 0.845. The minimum Gasteiger partial charge on any atom is -0.508 e. The highest BCUT2D eigenvalue weighted by atomic mass is 16.5. The summed E-state index contributed by atoms with van der Waals surface area (Å²) in [6.07, 6.45) is 0.604. The third-order valence-corrected chi connectivity index (χ3v) is 2.95. The van der Waals surface area contributed by atoms with E-state index in [9.17, 15) is 9.90 Å². The van der Waals surface area contributed by atoms with Crippen LogP contribution in [0.5, 0.6) is 11.5 Å². The van der Waals surface area contributed by atoms with Gasteiger partial charge in [0.05, 0.1) is 5.69 Å². The Balaban J connectivity index is 2.36. The number of benzene rings is 1. The molecule has 98 valence electrons. The van der Waals surface area contributed by atoms with Gasteiger partial charge in [-0.05, 0) is 25.0 Å². The maximum absolute atomic E-state index is 12.2. The molecule has 1 unspecified atom stereocenters. The number of nitrogens with zero attached hydrogens (tertiary/aromatic N) is 1. The zero-order chi connectivity index (χ0) is 13.1. The molecule has 1 aliphatic heterocycles. The lowest BCUT2D eigenvalue weighted by Crippen LogP contribution is -2.46. The first-order valence-corrected chi connectivity index (χ1v) is 6.09. The highest BCUT2D eigenvalue weighted by Gasteiger charge is 2.33. The molecule has 0 fully saturated rings. The van der Waals surface area contributed by atoms with Gasteiger partial charge in [0.25, 0.3) is 5.91 Å². The van der Waals surface area contributed by atoms with E-state index in [0.29, 0.717) is 30.8 Å². The number of aliphatic hydroxyl groups is 1. The molecule has 1 amide bonds. The van der Waals surface area contributed by atoms with Crippen molar-refractivity contribution in [3.8, 4) is 11.5 Å². The van der Waals surface area contributed by atoms with Crippen LogP contribution in [-0.4, -0.2) is 35.4 Å². The maximum Gasteiger partial charge on any atom is 0.268 e. The molecule has 5 heteroatoms. The summed E-state index contributed by atoms with van der Waals surface area (Å²) in [5.74, 6) is 0.565. The molecule has 2 N–H and O–H groups in total. The highest BCUT2D eigenvalue weighted by molar-refractivity contribution is 6.00. The summed E-state index contributed by atoms with van der Waals surface area (Å²) < 4.78 is 5.59. The Kier molecular flexibility index (Phi) is 3.72. The topological polar surface area (TPSA) is 70.0 Å². The number of aromatic hydroxyl groups is 1. The molecule has 5 nitrogen and oxygen atoms in total. The van der Waals surface area contributed by atoms with E-state index >= 15 is 0 Å². The van der Waals surface area contributed by atoms with Gasteiger partial charge in [0.15, 0.2) is 6.10 Å². The van der Waals surface area contributed by atoms with Crippen molar-refractivity contribution in [2.75, 3.05) is 18.1 Å². The van der Waals surface area contributed by atoms with Crippen LogP contribution in [0.25, 0.3) is 0 Å². The molecule has 1 heterocycles. The van der Waals surface area contributed by atoms with Crippen LogP contribution in [0.1, 0.15) is 19.8 Å². The van der Waals surface area contributed by atoms with Crippen molar-refractivity contribution in [1.82, 2.24) is 0 Å². The molecule has 18 heavy (non-hydrogen) atoms. The summed E-state index contributed by atoms with van der Waals surface area (Å²) in [5.41, 5.74) is 0.568. The van der Waals surface area contributed by atoms with Gasteiger partial charge >= 0.3 is 0 Å². The number of ether oxygens (including phenoxy) is 1. The van der Waals surface area contributed by atoms with Crippen LogP contribution in [0.2, 0.25) is 0 Å². The van der Waals surface area contributed by atoms with E-state index in [1.165, 1.54) is 12.1 Å². The Morgan fingerprint density at radius 1 is 1.44 bits per heavy atom. The van der Waals surface area contributed by atoms with E-state index in [2.05, 4.69) is 0 Å². The Labute approximate surface area is 106 Å². The van der Waals surface area contributed by atoms with Gasteiger partial charge in [-0.15, -0.1) is 0 Å². The third kappa shape index (κ3) is 2.26. The molecule has 0 saturated heterocycles. The summed E-state index contributed by atoms with van der Waals surface area (Å²) >= 11 is 0. The first-order chi connectivity index (χ1) is 8.67. The zero-order valence-corrected chi connectivity index (χ0v) is 10.3. The summed E-state index contributed by atoms with van der Waals surface area (Å²) in [6, 6.07) is 4.70. The Hall–Kier alpha value is -1.75. The van der Waals surface area contributed by atoms with Crippen LogP contribution in [0.15, 0.2) is 18.2 Å². The molecule has 2 rings (SSSR count). The lowest BCUT2D eigenvalue weighted by molar-refractivity contribution is -0.126. The van der Waals surface area contributed by atoms with Crippen molar-refractivity contribution in [2.24, 2.45) is 0 Å². The number of carbonyl (C=O) groups is 1. The second kappa shape index (κ2) is 5.27. The summed E-state index contributed by atoms with van der Waals surface area (Å²) in [5, 5.41) is 18.4. The van der Waals surface area contributed by atoms with Gasteiger partial charge in [0, 0.05) is 19.2 Å². The number of rotatable bonds is 4. The predicted molar refractivity (Wildman–Crippen MR) is 66.9 cm³/mol. The number of phenolic OH excluding ortho intramolecular Hbond substituents is 1. The lowest BCUT2D eigenvalue weighted by Gasteiger charge is -2.34. The normalized spacial score (nSPS) is 18.4. The number of hydrogen-bond acceptors (Lipinski definition) is 4. The van der Waals surface area contributed by atoms with E-state index in [-0.39, 0.29) is 18.3 Å². The number of fused-ring (bicyclic) bond motifs is 1. The predicted octanol–water partition coefficient (Wildman–Crippen LogP) is 1.28. The fourth-order valence-corrected chi connectivity index (χ4v) is 2.03. The van der Waals surface area contributed by atoms with Gasteiger partial charge in [-0.25, -0.2) is 0 Å². The zero-order valence-electron chi connectivity index (χ0n) is 10.3. The van der Waals surface area contributed by atoms with Crippen molar-refractivity contribution in [1.29, 1.82) is 0 Å². The van der Waals surface area contributed by atoms with Crippen LogP contribution in [0.3, 0.4) is 0 Å². The smallest absolute Gasteiger partial charge is 0.268 e. The van der Waals surface area contributed by atoms with Crippen molar-refractivity contribution in [3.63, 3.8) is 0 Å². The van der Waals surface area contributed by atoms with Crippen LogP contribution >= 0.6 is 0 Å². The molecule has 0 spiro atoms. The molecule has 0 bridgehead atoms. The number of hydrogen-bond donors (Lipinski definition) is 2. The molecule has 0 aromatic heterocycles. The second-order valence-corrected chi connectivity index (χ2v) is 4.23. The standard InChI is InChI=1S/C13H17NO4/c1-2-11-13(17)14(6-3-7-15)10-8-9(16)4-5-12(10)18-11/h4-5,8,11,15-16H,2-3,6-7H2,1H3. The van der Waals surface area contributed by atoms with Gasteiger partial charge < -0.3 is 19.8 Å². The SMILES string of the molecule is CCC1Oc2ccc(O)cc2N(CCCO)C1=O. The molecular formula is C13H17NO4. The van der Waals surface area contributed by atoms with E-state index in [1.807, 2.05) is 6.92 Å². The van der Waals surface area contributed by atoms with E-state index in [1.54, 1.807) is 11.0 Å². The van der Waals surface area contributed by atoms with Crippen LogP contribution in [-0.2, 0) is 4.79 Å². The average Bonchev–Trinajstić information content (AvgIpc) is 2.37. The monoisotopic (exact) mass is 251 g/mol. The summed E-state index contributed by atoms with van der Waals surface area (Å²) in [4.78, 5) is 13.7. The van der Waals surface area contributed by atoms with Crippen LogP contribution in [0, 0.1) is 0 Å². The molecule has 1 atom stereocenters. The Morgan fingerprint density at radius 3 is 2.89 bits per heavy atom. The van der Waals surface area contributed by atoms with Gasteiger partial charge in [-0.2, -0.15) is 0 Å². The fourth-order valence-electron chi connectivity index (χ4n) is 2.03. The molecule has 1 aromatic rings. The van der Waals surface area contributed by atoms with Gasteiger partial charge in [0.2, 0.25) is 0 Å². The fraction of sp³-hybridized carbons (Fsp3) is 0.462. The van der Waals surface area contributed by atoms with E-state index in [4.69, 9.17) is 9.84 Å². The Morgan fingerprint density at radius 2 is 2.22 bits per heavy atom. The summed E-state index contributed by atoms with van der Waals surface area (Å²) in [6.45, 7) is 2.33. The van der Waals surface area contributed by atoms with Gasteiger partial charge in [0.1, 0.15) is 11.5 Å². The Bertz CT molecular complexity index is 447. The van der Waals surface area contributed by atoms with Crippen LogP contribution in [0.4, 0.5) is 5.69 Å². The number of carbonyl (C=O) groups excluding carboxylic acids is 1. The van der Waals surface area contributed by atoms with Crippen molar-refractivity contribution in [3.05, 3.63) is 18.2 Å². The first-order valence-electron chi connectivity index (χ1n) is 6.09.